The number of amidine groups is 1. The number of nitrogens with two attached hydrogens (primary N) is 1. The number of aryl methyl sites for hydroxylation is 1. The summed E-state index contributed by atoms with van der Waals surface area (Å²) in [5, 5.41) is 14.6. The Bertz CT molecular complexity index is 498. The van der Waals surface area contributed by atoms with Crippen LogP contribution in [0.2, 0.25) is 5.02 Å². The Hall–Kier alpha value is -1.75. The summed E-state index contributed by atoms with van der Waals surface area (Å²) in [6, 6.07) is 5.17. The molecule has 1 rings (SSSR count). The van der Waals surface area contributed by atoms with Gasteiger partial charge in [-0.15, -0.1) is 0 Å². The Kier molecular flexibility index (Phi) is 4.19. The molecule has 0 unspecified atom stereocenters. The third-order valence-electron chi connectivity index (χ3n) is 2.61. The molecule has 0 bridgehead atoms. The summed E-state index contributed by atoms with van der Waals surface area (Å²) in [7, 11) is 0. The molecular formula is C12H16ClN3O2. The van der Waals surface area contributed by atoms with E-state index in [1.165, 1.54) is 0 Å². The molecule has 0 aromatic heterocycles. The number of rotatable bonds is 3. The SMILES string of the molecule is Cc1cccc(C(=O)NC(C)(C)/C(N)=N/O)c1Cl. The van der Waals surface area contributed by atoms with E-state index in [1.54, 1.807) is 26.0 Å². The van der Waals surface area contributed by atoms with E-state index in [4.69, 9.17) is 22.5 Å². The molecule has 0 saturated heterocycles. The van der Waals surface area contributed by atoms with E-state index in [9.17, 15) is 4.79 Å². The third-order valence-corrected chi connectivity index (χ3v) is 3.11. The molecule has 0 aliphatic carbocycles. The molecule has 5 nitrogen and oxygen atoms in total. The van der Waals surface area contributed by atoms with E-state index in [1.807, 2.05) is 13.0 Å². The van der Waals surface area contributed by atoms with E-state index in [0.717, 1.165) is 5.56 Å². The Morgan fingerprint density at radius 3 is 2.67 bits per heavy atom. The summed E-state index contributed by atoms with van der Waals surface area (Å²) in [6.07, 6.45) is 0. The summed E-state index contributed by atoms with van der Waals surface area (Å²) >= 11 is 6.06. The number of hydrogen-bond acceptors (Lipinski definition) is 3. The van der Waals surface area contributed by atoms with Crippen LogP contribution in [0.1, 0.15) is 29.8 Å². The van der Waals surface area contributed by atoms with Crippen LogP contribution in [0.25, 0.3) is 0 Å². The van der Waals surface area contributed by atoms with Gasteiger partial charge in [0.1, 0.15) is 0 Å². The number of halogens is 1. The summed E-state index contributed by atoms with van der Waals surface area (Å²) in [4.78, 5) is 12.1. The number of nitrogens with zero attached hydrogens (tertiary/aromatic N) is 1. The zero-order chi connectivity index (χ0) is 13.9. The normalized spacial score (nSPS) is 12.3. The number of amides is 1. The Balaban J connectivity index is 3.00. The second-order valence-corrected chi connectivity index (χ2v) is 4.88. The molecule has 4 N–H and O–H groups in total. The molecule has 0 fully saturated rings. The summed E-state index contributed by atoms with van der Waals surface area (Å²) < 4.78 is 0. The second kappa shape index (κ2) is 5.27. The van der Waals surface area contributed by atoms with Crippen LogP contribution in [0.4, 0.5) is 0 Å². The van der Waals surface area contributed by atoms with E-state index in [0.29, 0.717) is 10.6 Å². The van der Waals surface area contributed by atoms with Gasteiger partial charge in [0.05, 0.1) is 16.1 Å². The van der Waals surface area contributed by atoms with E-state index in [2.05, 4.69) is 10.5 Å². The van der Waals surface area contributed by atoms with Gasteiger partial charge in [0.2, 0.25) is 0 Å². The van der Waals surface area contributed by atoms with Crippen molar-refractivity contribution in [2.24, 2.45) is 10.9 Å². The van der Waals surface area contributed by atoms with Crippen molar-refractivity contribution in [1.82, 2.24) is 5.32 Å². The molecule has 0 saturated carbocycles. The van der Waals surface area contributed by atoms with E-state index in [-0.39, 0.29) is 11.7 Å². The first-order valence-corrected chi connectivity index (χ1v) is 5.73. The smallest absolute Gasteiger partial charge is 0.253 e. The quantitative estimate of drug-likeness (QED) is 0.339. The van der Waals surface area contributed by atoms with Gasteiger partial charge in [0.25, 0.3) is 5.91 Å². The van der Waals surface area contributed by atoms with Crippen molar-refractivity contribution < 1.29 is 10.0 Å². The van der Waals surface area contributed by atoms with Gasteiger partial charge in [-0.1, -0.05) is 28.9 Å². The molecule has 0 aliphatic heterocycles. The first-order chi connectivity index (χ1) is 8.29. The maximum absolute atomic E-state index is 12.1. The number of carbonyl (C=O) groups is 1. The number of nitrogens with one attached hydrogen (secondary N) is 1. The van der Waals surface area contributed by atoms with Gasteiger partial charge in [-0.2, -0.15) is 0 Å². The summed E-state index contributed by atoms with van der Waals surface area (Å²) in [6.45, 7) is 5.07. The largest absolute Gasteiger partial charge is 0.409 e. The predicted molar refractivity (Wildman–Crippen MR) is 71.1 cm³/mol. The van der Waals surface area contributed by atoms with Crippen LogP contribution in [-0.2, 0) is 0 Å². The van der Waals surface area contributed by atoms with Crippen molar-refractivity contribution in [3.63, 3.8) is 0 Å². The molecule has 0 radical (unpaired) electrons. The highest BCUT2D eigenvalue weighted by Crippen LogP contribution is 2.20. The average molecular weight is 270 g/mol. The van der Waals surface area contributed by atoms with Crippen molar-refractivity contribution in [2.45, 2.75) is 26.3 Å². The van der Waals surface area contributed by atoms with Gasteiger partial charge in [-0.3, -0.25) is 4.79 Å². The van der Waals surface area contributed by atoms with Crippen molar-refractivity contribution in [2.75, 3.05) is 0 Å². The molecular weight excluding hydrogens is 254 g/mol. The topological polar surface area (TPSA) is 87.7 Å². The van der Waals surface area contributed by atoms with Crippen LogP contribution in [0.3, 0.4) is 0 Å². The van der Waals surface area contributed by atoms with Gasteiger partial charge >= 0.3 is 0 Å². The first-order valence-electron chi connectivity index (χ1n) is 5.35. The zero-order valence-corrected chi connectivity index (χ0v) is 11.2. The lowest BCUT2D eigenvalue weighted by Gasteiger charge is -2.24. The van der Waals surface area contributed by atoms with E-state index >= 15 is 0 Å². The van der Waals surface area contributed by atoms with Crippen LogP contribution in [0.5, 0.6) is 0 Å². The highest BCUT2D eigenvalue weighted by atomic mass is 35.5. The highest BCUT2D eigenvalue weighted by Gasteiger charge is 2.27. The lowest BCUT2D eigenvalue weighted by molar-refractivity contribution is 0.0931. The molecule has 1 aromatic rings. The van der Waals surface area contributed by atoms with Crippen LogP contribution in [-0.4, -0.2) is 22.5 Å². The fourth-order valence-electron chi connectivity index (χ4n) is 1.36. The number of oxime groups is 1. The van der Waals surface area contributed by atoms with Gasteiger partial charge in [0.15, 0.2) is 5.84 Å². The molecule has 0 atom stereocenters. The summed E-state index contributed by atoms with van der Waals surface area (Å²) in [5.74, 6) is -0.458. The zero-order valence-electron chi connectivity index (χ0n) is 10.5. The summed E-state index contributed by atoms with van der Waals surface area (Å²) in [5.41, 5.74) is 5.71. The highest BCUT2D eigenvalue weighted by molar-refractivity contribution is 6.34. The van der Waals surface area contributed by atoms with Crippen molar-refractivity contribution in [1.29, 1.82) is 0 Å². The minimum absolute atomic E-state index is 0.0837. The molecule has 18 heavy (non-hydrogen) atoms. The van der Waals surface area contributed by atoms with Crippen LogP contribution in [0, 0.1) is 6.92 Å². The maximum Gasteiger partial charge on any atom is 0.253 e. The first kappa shape index (κ1) is 14.3. The molecule has 98 valence electrons. The minimum Gasteiger partial charge on any atom is -0.409 e. The Morgan fingerprint density at radius 1 is 1.50 bits per heavy atom. The van der Waals surface area contributed by atoms with Gasteiger partial charge in [0, 0.05) is 0 Å². The lowest BCUT2D eigenvalue weighted by Crippen LogP contribution is -2.53. The van der Waals surface area contributed by atoms with E-state index < -0.39 is 5.54 Å². The monoisotopic (exact) mass is 269 g/mol. The second-order valence-electron chi connectivity index (χ2n) is 4.50. The molecule has 1 aromatic carbocycles. The maximum atomic E-state index is 12.1. The molecule has 0 heterocycles. The Labute approximate surface area is 111 Å². The Morgan fingerprint density at radius 2 is 2.11 bits per heavy atom. The third kappa shape index (κ3) is 2.92. The molecule has 6 heteroatoms. The predicted octanol–water partition coefficient (Wildman–Crippen LogP) is 1.90. The van der Waals surface area contributed by atoms with Crippen LogP contribution >= 0.6 is 11.6 Å². The number of benzene rings is 1. The fraction of sp³-hybridized carbons (Fsp3) is 0.333. The fourth-order valence-corrected chi connectivity index (χ4v) is 1.57. The van der Waals surface area contributed by atoms with Gasteiger partial charge in [-0.05, 0) is 32.4 Å². The number of carbonyl (C=O) groups excluding carboxylic acids is 1. The molecule has 0 spiro atoms. The lowest BCUT2D eigenvalue weighted by atomic mass is 10.0. The van der Waals surface area contributed by atoms with Crippen LogP contribution < -0.4 is 11.1 Å². The van der Waals surface area contributed by atoms with Crippen molar-refractivity contribution in [3.05, 3.63) is 34.3 Å². The number of hydrogen-bond donors (Lipinski definition) is 3. The van der Waals surface area contributed by atoms with Gasteiger partial charge in [-0.25, -0.2) is 0 Å². The van der Waals surface area contributed by atoms with Crippen molar-refractivity contribution in [3.8, 4) is 0 Å². The van der Waals surface area contributed by atoms with Gasteiger partial charge < -0.3 is 16.3 Å². The molecule has 1 amide bonds. The minimum atomic E-state index is -0.959. The average Bonchev–Trinajstić information content (AvgIpc) is 2.30. The van der Waals surface area contributed by atoms with Crippen LogP contribution in [0.15, 0.2) is 23.4 Å². The standard InChI is InChI=1S/C12H16ClN3O2/c1-7-5-4-6-8(9(7)13)10(17)15-12(2,3)11(14)16-18/h4-6,18H,1-3H3,(H2,14,16)(H,15,17). The van der Waals surface area contributed by atoms with Crippen molar-refractivity contribution >= 4 is 23.3 Å². The molecule has 0 aliphatic rings.